The van der Waals surface area contributed by atoms with E-state index in [4.69, 9.17) is 0 Å². The van der Waals surface area contributed by atoms with Gasteiger partial charge in [-0.15, -0.1) is 0 Å². The predicted molar refractivity (Wildman–Crippen MR) is 111 cm³/mol. The van der Waals surface area contributed by atoms with E-state index in [9.17, 15) is 9.59 Å². The number of nitrogens with zero attached hydrogens (tertiary/aromatic N) is 3. The zero-order valence-electron chi connectivity index (χ0n) is 17.0. The van der Waals surface area contributed by atoms with Crippen molar-refractivity contribution in [3.8, 4) is 0 Å². The van der Waals surface area contributed by atoms with Gasteiger partial charge in [-0.2, -0.15) is 0 Å². The molecule has 0 saturated carbocycles. The van der Waals surface area contributed by atoms with Crippen molar-refractivity contribution in [2.24, 2.45) is 0 Å². The molecule has 2 amide bonds. The third kappa shape index (κ3) is 5.48. The molecule has 0 fully saturated rings. The molecule has 0 bridgehead atoms. The molecule has 0 unspecified atom stereocenters. The van der Waals surface area contributed by atoms with Crippen molar-refractivity contribution >= 4 is 34.6 Å². The van der Waals surface area contributed by atoms with Crippen molar-refractivity contribution in [3.63, 3.8) is 0 Å². The van der Waals surface area contributed by atoms with Crippen LogP contribution in [0, 0.1) is 0 Å². The summed E-state index contributed by atoms with van der Waals surface area (Å²) in [5, 5.41) is 3.60. The molecule has 2 aromatic rings. The van der Waals surface area contributed by atoms with Gasteiger partial charge in [-0.1, -0.05) is 23.9 Å². The van der Waals surface area contributed by atoms with E-state index in [-0.39, 0.29) is 36.5 Å². The van der Waals surface area contributed by atoms with Crippen LogP contribution in [0.5, 0.6) is 0 Å². The second-order valence-electron chi connectivity index (χ2n) is 7.47. The van der Waals surface area contributed by atoms with Gasteiger partial charge in [0.05, 0.1) is 16.8 Å². The minimum Gasteiger partial charge on any atom is -0.352 e. The number of rotatable bonds is 8. The quantitative estimate of drug-likeness (QED) is 0.702. The first kappa shape index (κ1) is 21.3. The third-order valence-corrected chi connectivity index (χ3v) is 5.06. The smallest absolute Gasteiger partial charge is 0.240 e. The van der Waals surface area contributed by atoms with E-state index in [0.717, 1.165) is 11.0 Å². The monoisotopic (exact) mass is 390 g/mol. The Balaban J connectivity index is 2.23. The fourth-order valence-corrected chi connectivity index (χ4v) is 4.08. The van der Waals surface area contributed by atoms with Crippen LogP contribution in [0.1, 0.15) is 41.5 Å². The molecule has 1 heterocycles. The van der Waals surface area contributed by atoms with Gasteiger partial charge in [0.1, 0.15) is 6.54 Å². The number of aromatic nitrogens is 2. The molecule has 0 spiro atoms. The van der Waals surface area contributed by atoms with Crippen molar-refractivity contribution in [3.05, 3.63) is 24.3 Å². The standard InChI is InChI=1S/C20H30N4O2S/c1-13(2)21-18(25)11-23-17-10-8-7-9-16(17)22-20(23)27-12-19(26)24(14(3)4)15(5)6/h7-10,13-15H,11-12H2,1-6H3,(H,21,25). The average molecular weight is 391 g/mol. The first-order valence-corrected chi connectivity index (χ1v) is 10.4. The zero-order chi connectivity index (χ0) is 20.1. The summed E-state index contributed by atoms with van der Waals surface area (Å²) < 4.78 is 1.89. The second-order valence-corrected chi connectivity index (χ2v) is 8.41. The predicted octanol–water partition coefficient (Wildman–Crippen LogP) is 3.30. The van der Waals surface area contributed by atoms with E-state index in [1.807, 2.05) is 75.3 Å². The lowest BCUT2D eigenvalue weighted by atomic mass is 10.2. The SMILES string of the molecule is CC(C)NC(=O)Cn1c(SCC(=O)N(C(C)C)C(C)C)nc2ccccc21. The molecule has 1 N–H and O–H groups in total. The maximum Gasteiger partial charge on any atom is 0.240 e. The van der Waals surface area contributed by atoms with E-state index in [0.29, 0.717) is 10.9 Å². The van der Waals surface area contributed by atoms with Crippen LogP contribution in [0.2, 0.25) is 0 Å². The van der Waals surface area contributed by atoms with Crippen LogP contribution >= 0.6 is 11.8 Å². The van der Waals surface area contributed by atoms with Crippen LogP contribution < -0.4 is 5.32 Å². The normalized spacial score (nSPS) is 11.6. The molecule has 0 saturated heterocycles. The Bertz CT molecular complexity index is 790. The van der Waals surface area contributed by atoms with Crippen molar-refractivity contribution in [1.82, 2.24) is 19.8 Å². The van der Waals surface area contributed by atoms with Gasteiger partial charge in [-0.05, 0) is 53.7 Å². The number of fused-ring (bicyclic) bond motifs is 1. The lowest BCUT2D eigenvalue weighted by molar-refractivity contribution is -0.131. The molecule has 27 heavy (non-hydrogen) atoms. The molecule has 1 aromatic carbocycles. The van der Waals surface area contributed by atoms with Crippen LogP contribution in [0.4, 0.5) is 0 Å². The van der Waals surface area contributed by atoms with E-state index >= 15 is 0 Å². The highest BCUT2D eigenvalue weighted by molar-refractivity contribution is 7.99. The maximum absolute atomic E-state index is 12.7. The van der Waals surface area contributed by atoms with E-state index < -0.39 is 0 Å². The minimum atomic E-state index is -0.0627. The van der Waals surface area contributed by atoms with Crippen LogP contribution in [-0.4, -0.2) is 50.1 Å². The fourth-order valence-electron chi connectivity index (χ4n) is 3.20. The Kier molecular flexibility index (Phi) is 7.30. The number of thioether (sulfide) groups is 1. The number of imidazole rings is 1. The summed E-state index contributed by atoms with van der Waals surface area (Å²) in [5.41, 5.74) is 1.73. The lowest BCUT2D eigenvalue weighted by Crippen LogP contribution is -2.43. The van der Waals surface area contributed by atoms with Crippen LogP contribution in [-0.2, 0) is 16.1 Å². The molecule has 0 aliphatic rings. The number of amides is 2. The molecule has 0 atom stereocenters. The molecule has 2 rings (SSSR count). The van der Waals surface area contributed by atoms with Gasteiger partial charge in [0.25, 0.3) is 0 Å². The highest BCUT2D eigenvalue weighted by atomic mass is 32.2. The summed E-state index contributed by atoms with van der Waals surface area (Å²) in [6, 6.07) is 8.10. The van der Waals surface area contributed by atoms with Gasteiger partial charge < -0.3 is 14.8 Å². The number of para-hydroxylation sites is 2. The fraction of sp³-hybridized carbons (Fsp3) is 0.550. The third-order valence-electron chi connectivity index (χ3n) is 4.10. The molecule has 1 aromatic heterocycles. The Hall–Kier alpha value is -2.02. The Labute approximate surface area is 165 Å². The van der Waals surface area contributed by atoms with E-state index in [2.05, 4.69) is 10.3 Å². The lowest BCUT2D eigenvalue weighted by Gasteiger charge is -2.30. The van der Waals surface area contributed by atoms with Crippen LogP contribution in [0.25, 0.3) is 11.0 Å². The molecule has 0 radical (unpaired) electrons. The number of hydrogen-bond acceptors (Lipinski definition) is 4. The summed E-state index contributed by atoms with van der Waals surface area (Å²) in [7, 11) is 0. The van der Waals surface area contributed by atoms with Gasteiger partial charge >= 0.3 is 0 Å². The highest BCUT2D eigenvalue weighted by Gasteiger charge is 2.22. The minimum absolute atomic E-state index is 0.0627. The summed E-state index contributed by atoms with van der Waals surface area (Å²) in [6.45, 7) is 12.1. The summed E-state index contributed by atoms with van der Waals surface area (Å²) in [6.07, 6.45) is 0. The van der Waals surface area contributed by atoms with Crippen molar-refractivity contribution in [2.45, 2.75) is 71.4 Å². The van der Waals surface area contributed by atoms with Gasteiger partial charge in [0, 0.05) is 18.1 Å². The van der Waals surface area contributed by atoms with Crippen molar-refractivity contribution < 1.29 is 9.59 Å². The summed E-state index contributed by atoms with van der Waals surface area (Å²) in [4.78, 5) is 31.5. The topological polar surface area (TPSA) is 67.2 Å². The first-order chi connectivity index (χ1) is 12.7. The zero-order valence-corrected chi connectivity index (χ0v) is 17.8. The Morgan fingerprint density at radius 1 is 1.11 bits per heavy atom. The van der Waals surface area contributed by atoms with E-state index in [1.165, 1.54) is 11.8 Å². The van der Waals surface area contributed by atoms with Gasteiger partial charge in [-0.25, -0.2) is 4.98 Å². The van der Waals surface area contributed by atoms with Crippen molar-refractivity contribution in [2.75, 3.05) is 5.75 Å². The molecular weight excluding hydrogens is 360 g/mol. The molecule has 7 heteroatoms. The highest BCUT2D eigenvalue weighted by Crippen LogP contribution is 2.25. The number of hydrogen-bond donors (Lipinski definition) is 1. The van der Waals surface area contributed by atoms with Crippen molar-refractivity contribution in [1.29, 1.82) is 0 Å². The van der Waals surface area contributed by atoms with Crippen LogP contribution in [0.15, 0.2) is 29.4 Å². The Morgan fingerprint density at radius 2 is 1.74 bits per heavy atom. The Morgan fingerprint density at radius 3 is 2.33 bits per heavy atom. The van der Waals surface area contributed by atoms with Crippen LogP contribution in [0.3, 0.4) is 0 Å². The molecule has 148 valence electrons. The van der Waals surface area contributed by atoms with Gasteiger partial charge in [0.15, 0.2) is 5.16 Å². The molecule has 0 aliphatic carbocycles. The maximum atomic E-state index is 12.7. The summed E-state index contributed by atoms with van der Waals surface area (Å²) >= 11 is 1.39. The number of benzene rings is 1. The molecule has 0 aliphatic heterocycles. The second kappa shape index (κ2) is 9.26. The van der Waals surface area contributed by atoms with Gasteiger partial charge in [0.2, 0.25) is 11.8 Å². The molecule has 6 nitrogen and oxygen atoms in total. The number of nitrogens with one attached hydrogen (secondary N) is 1. The summed E-state index contributed by atoms with van der Waals surface area (Å²) in [5.74, 6) is 0.313. The van der Waals surface area contributed by atoms with Gasteiger partial charge in [-0.3, -0.25) is 9.59 Å². The largest absolute Gasteiger partial charge is 0.352 e. The average Bonchev–Trinajstić information content (AvgIpc) is 2.89. The van der Waals surface area contributed by atoms with E-state index in [1.54, 1.807) is 0 Å². The first-order valence-electron chi connectivity index (χ1n) is 9.39. The number of carbonyl (C=O) groups excluding carboxylic acids is 2. The number of carbonyl (C=O) groups is 2. The molecular formula is C20H30N4O2S.